The zero-order valence-corrected chi connectivity index (χ0v) is 12.8. The van der Waals surface area contributed by atoms with Gasteiger partial charge >= 0.3 is 29.6 Å². The minimum absolute atomic E-state index is 0. The first-order valence-corrected chi connectivity index (χ1v) is 7.15. The SMILES string of the molecule is C=C(C)C(OC(C(=C)C)c1ccccc1)c1ccccc1.[NaH]. The average molecular weight is 302 g/mol. The molecule has 0 spiro atoms. The summed E-state index contributed by atoms with van der Waals surface area (Å²) in [7, 11) is 0. The second kappa shape index (κ2) is 9.12. The molecule has 0 aliphatic rings. The summed E-state index contributed by atoms with van der Waals surface area (Å²) in [6.07, 6.45) is -0.263. The third-order valence-corrected chi connectivity index (χ3v) is 3.37. The van der Waals surface area contributed by atoms with Gasteiger partial charge in [0.1, 0.15) is 12.2 Å². The van der Waals surface area contributed by atoms with E-state index in [2.05, 4.69) is 37.4 Å². The molecule has 0 amide bonds. The van der Waals surface area contributed by atoms with Crippen LogP contribution < -0.4 is 0 Å². The fraction of sp³-hybridized carbons (Fsp3) is 0.200. The molecule has 0 radical (unpaired) electrons. The summed E-state index contributed by atoms with van der Waals surface area (Å²) in [6.45, 7) is 12.2. The molecule has 0 bridgehead atoms. The van der Waals surface area contributed by atoms with Gasteiger partial charge in [-0.3, -0.25) is 0 Å². The topological polar surface area (TPSA) is 9.23 Å². The first kappa shape index (κ1) is 18.9. The standard InChI is InChI=1S/C20H22O.Na.H/c1-15(2)19(17-11-7-5-8-12-17)21-20(16(3)4)18-13-9-6-10-14-18;;/h5-14,19-20H,1,3H2,2,4H3;;. The Morgan fingerprint density at radius 2 is 1.05 bits per heavy atom. The molecule has 110 valence electrons. The molecule has 0 aliphatic carbocycles. The number of rotatable bonds is 6. The van der Waals surface area contributed by atoms with Crippen LogP contribution in [0.4, 0.5) is 0 Å². The van der Waals surface area contributed by atoms with E-state index in [0.717, 1.165) is 22.3 Å². The van der Waals surface area contributed by atoms with Crippen molar-refractivity contribution in [3.8, 4) is 0 Å². The van der Waals surface area contributed by atoms with Gasteiger partial charge in [0.15, 0.2) is 0 Å². The number of hydrogen-bond acceptors (Lipinski definition) is 1. The third kappa shape index (κ3) is 4.96. The number of hydrogen-bond donors (Lipinski definition) is 0. The van der Waals surface area contributed by atoms with Crippen molar-refractivity contribution in [3.63, 3.8) is 0 Å². The monoisotopic (exact) mass is 302 g/mol. The van der Waals surface area contributed by atoms with Crippen molar-refractivity contribution in [2.75, 3.05) is 0 Å². The van der Waals surface area contributed by atoms with Crippen LogP contribution in [0.5, 0.6) is 0 Å². The van der Waals surface area contributed by atoms with Crippen molar-refractivity contribution in [2.24, 2.45) is 0 Å². The van der Waals surface area contributed by atoms with Crippen LogP contribution in [0.1, 0.15) is 37.2 Å². The van der Waals surface area contributed by atoms with E-state index in [1.54, 1.807) is 0 Å². The number of benzene rings is 2. The molecule has 2 aromatic rings. The van der Waals surface area contributed by atoms with Gasteiger partial charge in [0, 0.05) is 0 Å². The van der Waals surface area contributed by atoms with E-state index in [0.29, 0.717) is 0 Å². The molecule has 2 atom stereocenters. The first-order valence-electron chi connectivity index (χ1n) is 7.15. The Kier molecular flexibility index (Phi) is 7.84. The van der Waals surface area contributed by atoms with Crippen molar-refractivity contribution < 1.29 is 4.74 Å². The van der Waals surface area contributed by atoms with E-state index >= 15 is 0 Å². The van der Waals surface area contributed by atoms with Crippen LogP contribution in [0.2, 0.25) is 0 Å². The van der Waals surface area contributed by atoms with E-state index in [1.807, 2.05) is 50.2 Å². The van der Waals surface area contributed by atoms with Gasteiger partial charge in [0.2, 0.25) is 0 Å². The van der Waals surface area contributed by atoms with Crippen LogP contribution in [-0.2, 0) is 4.74 Å². The van der Waals surface area contributed by atoms with Gasteiger partial charge in [-0.25, -0.2) is 0 Å². The molecular formula is C20H23NaO. The van der Waals surface area contributed by atoms with Crippen molar-refractivity contribution >= 4 is 29.6 Å². The zero-order valence-electron chi connectivity index (χ0n) is 12.8. The maximum absolute atomic E-state index is 6.35. The summed E-state index contributed by atoms with van der Waals surface area (Å²) >= 11 is 0. The average Bonchev–Trinajstić information content (AvgIpc) is 2.49. The van der Waals surface area contributed by atoms with Crippen LogP contribution in [0, 0.1) is 0 Å². The second-order valence-corrected chi connectivity index (χ2v) is 5.41. The minimum atomic E-state index is -0.131. The molecule has 1 nitrogen and oxygen atoms in total. The molecule has 2 aromatic carbocycles. The molecule has 0 aliphatic heterocycles. The molecule has 2 rings (SSSR count). The van der Waals surface area contributed by atoms with Crippen LogP contribution >= 0.6 is 0 Å². The van der Waals surface area contributed by atoms with E-state index < -0.39 is 0 Å². The van der Waals surface area contributed by atoms with Crippen molar-refractivity contribution in [1.29, 1.82) is 0 Å². The molecule has 0 saturated carbocycles. The number of ether oxygens (including phenoxy) is 1. The molecule has 0 aromatic heterocycles. The maximum atomic E-state index is 6.35. The van der Waals surface area contributed by atoms with Gasteiger partial charge in [0.05, 0.1) is 0 Å². The molecular weight excluding hydrogens is 279 g/mol. The van der Waals surface area contributed by atoms with E-state index in [1.165, 1.54) is 0 Å². The Hall–Kier alpha value is -1.12. The summed E-state index contributed by atoms with van der Waals surface area (Å²) in [5.74, 6) is 0. The summed E-state index contributed by atoms with van der Waals surface area (Å²) in [5.41, 5.74) is 4.21. The predicted molar refractivity (Wildman–Crippen MR) is 96.2 cm³/mol. The quantitative estimate of drug-likeness (QED) is 0.539. The van der Waals surface area contributed by atoms with Gasteiger partial charge in [-0.05, 0) is 36.1 Å². The first-order chi connectivity index (χ1) is 10.1. The molecule has 0 fully saturated rings. The Morgan fingerprint density at radius 3 is 1.32 bits per heavy atom. The Labute approximate surface area is 156 Å². The molecule has 0 heterocycles. The normalized spacial score (nSPS) is 12.8. The zero-order chi connectivity index (χ0) is 15.2. The fourth-order valence-corrected chi connectivity index (χ4v) is 2.35. The van der Waals surface area contributed by atoms with E-state index in [-0.39, 0.29) is 41.8 Å². The van der Waals surface area contributed by atoms with Gasteiger partial charge < -0.3 is 4.74 Å². The van der Waals surface area contributed by atoms with Crippen LogP contribution in [-0.4, -0.2) is 29.6 Å². The van der Waals surface area contributed by atoms with Gasteiger partial charge in [-0.1, -0.05) is 73.8 Å². The van der Waals surface area contributed by atoms with E-state index in [4.69, 9.17) is 4.74 Å². The third-order valence-electron chi connectivity index (χ3n) is 3.37. The molecule has 0 N–H and O–H groups in total. The van der Waals surface area contributed by atoms with E-state index in [9.17, 15) is 0 Å². The van der Waals surface area contributed by atoms with Crippen LogP contribution in [0.3, 0.4) is 0 Å². The Morgan fingerprint density at radius 1 is 0.727 bits per heavy atom. The van der Waals surface area contributed by atoms with Crippen molar-refractivity contribution in [2.45, 2.75) is 26.1 Å². The summed E-state index contributed by atoms with van der Waals surface area (Å²) in [5, 5.41) is 0. The summed E-state index contributed by atoms with van der Waals surface area (Å²) in [6, 6.07) is 20.4. The molecule has 22 heavy (non-hydrogen) atoms. The fourth-order valence-electron chi connectivity index (χ4n) is 2.35. The molecule has 0 saturated heterocycles. The van der Waals surface area contributed by atoms with Gasteiger partial charge in [-0.2, -0.15) is 0 Å². The summed E-state index contributed by atoms with van der Waals surface area (Å²) in [4.78, 5) is 0. The van der Waals surface area contributed by atoms with Gasteiger partial charge in [0.25, 0.3) is 0 Å². The molecule has 2 unspecified atom stereocenters. The Bertz CT molecular complexity index is 549. The second-order valence-electron chi connectivity index (χ2n) is 5.41. The predicted octanol–water partition coefficient (Wildman–Crippen LogP) is 4.99. The van der Waals surface area contributed by atoms with Crippen LogP contribution in [0.15, 0.2) is 85.0 Å². The van der Waals surface area contributed by atoms with Crippen molar-refractivity contribution in [3.05, 3.63) is 96.1 Å². The van der Waals surface area contributed by atoms with Crippen molar-refractivity contribution in [1.82, 2.24) is 0 Å². The molecule has 2 heteroatoms. The Balaban J connectivity index is 0.00000242. The van der Waals surface area contributed by atoms with Gasteiger partial charge in [-0.15, -0.1) is 0 Å². The van der Waals surface area contributed by atoms with Crippen LogP contribution in [0.25, 0.3) is 0 Å². The summed E-state index contributed by atoms with van der Waals surface area (Å²) < 4.78 is 6.35.